The average Bonchev–Trinajstić information content (AvgIpc) is 3.09. The summed E-state index contributed by atoms with van der Waals surface area (Å²) >= 11 is 1.87. The van der Waals surface area contributed by atoms with Gasteiger partial charge < -0.3 is 14.4 Å². The maximum atomic E-state index is 12.6. The Bertz CT molecular complexity index is 753. The van der Waals surface area contributed by atoms with Gasteiger partial charge in [-0.2, -0.15) is 0 Å². The molecule has 2 aliphatic rings. The molecule has 4 rings (SSSR count). The quantitative estimate of drug-likeness (QED) is 0.731. The van der Waals surface area contributed by atoms with Crippen molar-refractivity contribution < 1.29 is 14.3 Å². The lowest BCUT2D eigenvalue weighted by atomic mass is 10.0. The summed E-state index contributed by atoms with van der Waals surface area (Å²) in [6, 6.07) is 10.1. The van der Waals surface area contributed by atoms with Crippen LogP contribution in [0.3, 0.4) is 0 Å². The molecule has 0 bridgehead atoms. The van der Waals surface area contributed by atoms with E-state index in [1.54, 1.807) is 7.11 Å². The Morgan fingerprint density at radius 2 is 2.00 bits per heavy atom. The summed E-state index contributed by atoms with van der Waals surface area (Å²) in [7, 11) is 1.65. The minimum atomic E-state index is 0.109. The molecule has 0 spiro atoms. The summed E-state index contributed by atoms with van der Waals surface area (Å²) in [5, 5.41) is 2.19. The molecule has 1 saturated heterocycles. The van der Waals surface area contributed by atoms with Crippen LogP contribution in [0, 0.1) is 0 Å². The molecule has 0 saturated carbocycles. The van der Waals surface area contributed by atoms with E-state index in [2.05, 4.69) is 16.3 Å². The van der Waals surface area contributed by atoms with Crippen LogP contribution in [0.15, 0.2) is 35.7 Å². The van der Waals surface area contributed by atoms with Crippen LogP contribution >= 0.6 is 11.3 Å². The first-order valence-corrected chi connectivity index (χ1v) is 9.93. The van der Waals surface area contributed by atoms with Crippen molar-refractivity contribution in [1.82, 2.24) is 9.80 Å². The summed E-state index contributed by atoms with van der Waals surface area (Å²) in [5.74, 6) is 0.873. The maximum Gasteiger partial charge on any atom is 0.253 e. The molecule has 5 nitrogen and oxygen atoms in total. The number of rotatable bonds is 6. The number of carbonyl (C=O) groups excluding carboxylic acids is 1. The summed E-state index contributed by atoms with van der Waals surface area (Å²) in [4.78, 5) is 18.6. The summed E-state index contributed by atoms with van der Waals surface area (Å²) in [5.41, 5.74) is 2.19. The predicted octanol–water partition coefficient (Wildman–Crippen LogP) is 2.66. The molecule has 6 heteroatoms. The van der Waals surface area contributed by atoms with Gasteiger partial charge in [0.05, 0.1) is 6.61 Å². The van der Waals surface area contributed by atoms with E-state index in [0.717, 1.165) is 43.9 Å². The van der Waals surface area contributed by atoms with Crippen LogP contribution in [-0.2, 0) is 17.7 Å². The molecule has 2 aromatic rings. The van der Waals surface area contributed by atoms with E-state index in [4.69, 9.17) is 9.47 Å². The predicted molar refractivity (Wildman–Crippen MR) is 102 cm³/mol. The first kappa shape index (κ1) is 17.5. The fourth-order valence-corrected chi connectivity index (χ4v) is 4.44. The lowest BCUT2D eigenvalue weighted by Crippen LogP contribution is -2.61. The van der Waals surface area contributed by atoms with Crippen molar-refractivity contribution in [2.45, 2.75) is 19.0 Å². The van der Waals surface area contributed by atoms with Gasteiger partial charge in [0.15, 0.2) is 0 Å². The first-order valence-electron chi connectivity index (χ1n) is 9.05. The normalized spacial score (nSPS) is 17.7. The summed E-state index contributed by atoms with van der Waals surface area (Å²) in [6.45, 7) is 4.85. The van der Waals surface area contributed by atoms with Gasteiger partial charge in [-0.3, -0.25) is 9.69 Å². The number of carbonyl (C=O) groups is 1. The number of likely N-dealkylation sites (tertiary alicyclic amines) is 1. The first-order chi connectivity index (χ1) is 12.7. The second-order valence-electron chi connectivity index (χ2n) is 6.82. The molecule has 138 valence electrons. The lowest BCUT2D eigenvalue weighted by molar-refractivity contribution is 0.0221. The number of ether oxygens (including phenoxy) is 2. The number of fused-ring (bicyclic) bond motifs is 1. The average molecular weight is 372 g/mol. The molecule has 1 aromatic carbocycles. The molecule has 0 atom stereocenters. The van der Waals surface area contributed by atoms with Crippen LogP contribution in [-0.4, -0.2) is 61.7 Å². The highest BCUT2D eigenvalue weighted by molar-refractivity contribution is 7.10. The molecular weight excluding hydrogens is 348 g/mol. The zero-order chi connectivity index (χ0) is 17.9. The molecule has 1 fully saturated rings. The van der Waals surface area contributed by atoms with Crippen molar-refractivity contribution in [2.24, 2.45) is 0 Å². The number of amides is 1. The molecule has 0 radical (unpaired) electrons. The van der Waals surface area contributed by atoms with Crippen LogP contribution in [0.5, 0.6) is 5.75 Å². The second-order valence-corrected chi connectivity index (χ2v) is 7.82. The van der Waals surface area contributed by atoms with Crippen molar-refractivity contribution >= 4 is 17.2 Å². The third-order valence-corrected chi connectivity index (χ3v) is 6.18. The van der Waals surface area contributed by atoms with E-state index >= 15 is 0 Å². The van der Waals surface area contributed by atoms with Crippen molar-refractivity contribution in [2.75, 3.05) is 40.0 Å². The number of benzene rings is 1. The minimum Gasteiger partial charge on any atom is -0.491 e. The third-order valence-electron chi connectivity index (χ3n) is 5.16. The van der Waals surface area contributed by atoms with Crippen molar-refractivity contribution in [3.63, 3.8) is 0 Å². The Morgan fingerprint density at radius 3 is 2.77 bits per heavy atom. The molecule has 1 aromatic heterocycles. The van der Waals surface area contributed by atoms with Crippen LogP contribution < -0.4 is 4.74 Å². The van der Waals surface area contributed by atoms with E-state index < -0.39 is 0 Å². The Morgan fingerprint density at radius 1 is 1.19 bits per heavy atom. The van der Waals surface area contributed by atoms with Crippen molar-refractivity contribution in [3.8, 4) is 5.75 Å². The number of thiophene rings is 1. The van der Waals surface area contributed by atoms with E-state index in [1.807, 2.05) is 40.5 Å². The van der Waals surface area contributed by atoms with Gasteiger partial charge in [-0.1, -0.05) is 0 Å². The van der Waals surface area contributed by atoms with Gasteiger partial charge >= 0.3 is 0 Å². The number of hydrogen-bond donors (Lipinski definition) is 0. The third kappa shape index (κ3) is 3.63. The van der Waals surface area contributed by atoms with E-state index in [-0.39, 0.29) is 5.91 Å². The molecule has 3 heterocycles. The summed E-state index contributed by atoms with van der Waals surface area (Å²) < 4.78 is 10.5. The highest BCUT2D eigenvalue weighted by atomic mass is 32.1. The zero-order valence-electron chi connectivity index (χ0n) is 15.0. The molecule has 2 aliphatic heterocycles. The second kappa shape index (κ2) is 7.78. The number of nitrogens with zero attached hydrogens (tertiary/aromatic N) is 2. The van der Waals surface area contributed by atoms with Gasteiger partial charge in [0, 0.05) is 49.8 Å². The van der Waals surface area contributed by atoms with Crippen LogP contribution in [0.1, 0.15) is 20.8 Å². The number of methoxy groups -OCH3 is 1. The van der Waals surface area contributed by atoms with E-state index in [0.29, 0.717) is 19.3 Å². The Kier molecular flexibility index (Phi) is 5.24. The highest BCUT2D eigenvalue weighted by Gasteiger charge is 2.36. The van der Waals surface area contributed by atoms with Gasteiger partial charge in [-0.25, -0.2) is 0 Å². The van der Waals surface area contributed by atoms with Crippen LogP contribution in [0.4, 0.5) is 0 Å². The molecular formula is C20H24N2O3S. The lowest BCUT2D eigenvalue weighted by Gasteiger charge is -2.46. The minimum absolute atomic E-state index is 0.109. The maximum absolute atomic E-state index is 12.6. The SMILES string of the molecule is COCCOc1ccc(C(=O)N2CC(N3CCc4sccc4C3)C2)cc1. The largest absolute Gasteiger partial charge is 0.491 e. The Labute approximate surface area is 158 Å². The molecule has 0 N–H and O–H groups in total. The van der Waals surface area contributed by atoms with E-state index in [9.17, 15) is 4.79 Å². The molecule has 0 unspecified atom stereocenters. The molecule has 26 heavy (non-hydrogen) atoms. The monoisotopic (exact) mass is 372 g/mol. The fourth-order valence-electron chi connectivity index (χ4n) is 3.55. The van der Waals surface area contributed by atoms with Crippen molar-refractivity contribution in [3.05, 3.63) is 51.7 Å². The number of hydrogen-bond acceptors (Lipinski definition) is 5. The summed E-state index contributed by atoms with van der Waals surface area (Å²) in [6.07, 6.45) is 1.14. The Balaban J connectivity index is 1.28. The van der Waals surface area contributed by atoms with Gasteiger partial charge in [-0.15, -0.1) is 11.3 Å². The van der Waals surface area contributed by atoms with Crippen molar-refractivity contribution in [1.29, 1.82) is 0 Å². The van der Waals surface area contributed by atoms with Crippen LogP contribution in [0.2, 0.25) is 0 Å². The van der Waals surface area contributed by atoms with Gasteiger partial charge in [0.25, 0.3) is 5.91 Å². The fraction of sp³-hybridized carbons (Fsp3) is 0.450. The van der Waals surface area contributed by atoms with Gasteiger partial charge in [0.1, 0.15) is 12.4 Å². The molecule has 0 aliphatic carbocycles. The van der Waals surface area contributed by atoms with Crippen LogP contribution in [0.25, 0.3) is 0 Å². The van der Waals surface area contributed by atoms with E-state index in [1.165, 1.54) is 10.4 Å². The Hall–Kier alpha value is -1.89. The van der Waals surface area contributed by atoms with Gasteiger partial charge in [-0.05, 0) is 47.7 Å². The smallest absolute Gasteiger partial charge is 0.253 e. The zero-order valence-corrected chi connectivity index (χ0v) is 15.8. The highest BCUT2D eigenvalue weighted by Crippen LogP contribution is 2.28. The topological polar surface area (TPSA) is 42.0 Å². The molecule has 1 amide bonds. The standard InChI is InChI=1S/C20H24N2O3S/c1-24-9-10-25-18-4-2-15(3-5-18)20(23)22-13-17(14-22)21-8-6-19-16(12-21)7-11-26-19/h2-5,7,11,17H,6,8-10,12-14H2,1H3. The van der Waals surface area contributed by atoms with Gasteiger partial charge in [0.2, 0.25) is 0 Å².